The van der Waals surface area contributed by atoms with Crippen LogP contribution in [0.1, 0.15) is 304 Å². The van der Waals surface area contributed by atoms with Gasteiger partial charge in [0.25, 0.3) is 0 Å². The zero-order chi connectivity index (χ0) is 64.7. The monoisotopic (exact) mass is 1130 g/mol. The fraction of sp³-hybridized carbons (Fsp3) is 0.720. The zero-order valence-corrected chi connectivity index (χ0v) is 60.8. The van der Waals surface area contributed by atoms with E-state index in [1.165, 1.54) is 72.7 Å². The second-order valence-corrected chi connectivity index (χ2v) is 30.2. The van der Waals surface area contributed by atoms with Gasteiger partial charge in [0, 0.05) is 52.2 Å². The number of rotatable bonds is 9. The number of hydrogen-bond donors (Lipinski definition) is 2. The minimum Gasteiger partial charge on any atom is -0.488 e. The van der Waals surface area contributed by atoms with Gasteiger partial charge in [-0.3, -0.25) is 0 Å². The summed E-state index contributed by atoms with van der Waals surface area (Å²) in [7, 11) is 0. The van der Waals surface area contributed by atoms with E-state index in [9.17, 15) is 4.79 Å². The van der Waals surface area contributed by atoms with E-state index < -0.39 is 0 Å². The Balaban J connectivity index is -0.000000277. The number of aryl methyl sites for hydroxylation is 3. The number of carbonyl (C=O) groups excluding carboxylic acids is 1. The Hall–Kier alpha value is -3.93. The number of para-hydroxylation sites is 1. The Kier molecular flexibility index (Phi) is 45.4. The summed E-state index contributed by atoms with van der Waals surface area (Å²) in [6, 6.07) is 21.3. The topological polar surface area (TPSA) is 60.2 Å². The van der Waals surface area contributed by atoms with Crippen molar-refractivity contribution in [3.63, 3.8) is 0 Å². The third-order valence-corrected chi connectivity index (χ3v) is 12.1. The van der Waals surface area contributed by atoms with Crippen molar-refractivity contribution in [1.29, 1.82) is 0 Å². The molecule has 4 aromatic rings. The molecule has 474 valence electrons. The van der Waals surface area contributed by atoms with Gasteiger partial charge in [0.15, 0.2) is 0 Å². The molecule has 2 aromatic heterocycles. The van der Waals surface area contributed by atoms with Gasteiger partial charge in [0.05, 0.1) is 0 Å². The fourth-order valence-electron chi connectivity index (χ4n) is 6.27. The summed E-state index contributed by atoms with van der Waals surface area (Å²) in [4.78, 5) is 11.2. The van der Waals surface area contributed by atoms with Gasteiger partial charge in [-0.25, -0.2) is 4.79 Å². The molecule has 0 saturated carbocycles. The lowest BCUT2D eigenvalue weighted by Gasteiger charge is -2.24. The number of benzene rings is 2. The molecule has 0 bridgehead atoms. The number of unbranched alkanes of at least 4 members (excludes halogenated alkanes) is 2. The number of aromatic nitrogens is 2. The van der Waals surface area contributed by atoms with E-state index in [4.69, 9.17) is 4.74 Å². The quantitative estimate of drug-likeness (QED) is 0.130. The van der Waals surface area contributed by atoms with Crippen LogP contribution in [0.25, 0.3) is 10.9 Å². The molecule has 0 fully saturated rings. The normalized spacial score (nSPS) is 11.7. The third kappa shape index (κ3) is 55.1. The lowest BCUT2D eigenvalue weighted by Crippen LogP contribution is -2.46. The van der Waals surface area contributed by atoms with Crippen LogP contribution in [0.15, 0.2) is 85.2 Å². The molecule has 0 radical (unpaired) electrons. The minimum atomic E-state index is -0.144. The van der Waals surface area contributed by atoms with Crippen LogP contribution in [0, 0.1) is 21.7 Å². The number of hydrogen-bond acceptors (Lipinski definition) is 2. The number of allylic oxidation sites excluding steroid dienone is 2. The van der Waals surface area contributed by atoms with E-state index in [0.29, 0.717) is 21.7 Å². The van der Waals surface area contributed by atoms with E-state index in [1.807, 2.05) is 27.7 Å². The maximum Gasteiger partial charge on any atom is 0.315 e. The van der Waals surface area contributed by atoms with Crippen LogP contribution in [0.4, 0.5) is 4.79 Å². The summed E-state index contributed by atoms with van der Waals surface area (Å²) < 4.78 is 10.4. The zero-order valence-electron chi connectivity index (χ0n) is 60.8. The maximum atomic E-state index is 11.2. The first-order valence-electron chi connectivity index (χ1n) is 32.0. The standard InChI is InChI=1S/C14H19N.C13H20O.C10H22N2O.C10H17N.C7H14.3C6H14.C3H8/c1-5-11-10-15(14(2,3)4)13-9-7-6-8-12(11)13;1-5-6-11-7-9-12(10-8-11)14-13(2,3)4;1-5-6-7-8-11-9(13)12-10(2,3)4;1-5-9-7-6-8-11(9)10(2,3)4;1-5-6-7(2,3)4;3*1-5-6(2,3)4;1-3-2/h6-10H,5H2,1-4H3;7-10H,5-6H2,1-4H3;5-8H2,1-4H3,(H2,11,12,13);6-8H,5H2,1-4H3;5-6H,1-4H3;3*5H2,1-4H3;3H2,1-2H3. The van der Waals surface area contributed by atoms with Crippen molar-refractivity contribution in [2.45, 2.75) is 328 Å². The highest BCUT2D eigenvalue weighted by Crippen LogP contribution is 2.28. The van der Waals surface area contributed by atoms with Crippen LogP contribution in [0.5, 0.6) is 5.75 Å². The Bertz CT molecular complexity index is 2080. The molecule has 2 heterocycles. The first-order valence-corrected chi connectivity index (χ1v) is 32.0. The van der Waals surface area contributed by atoms with Gasteiger partial charge in [0.1, 0.15) is 11.4 Å². The number of amides is 2. The highest BCUT2D eigenvalue weighted by molar-refractivity contribution is 5.84. The summed E-state index contributed by atoms with van der Waals surface area (Å²) in [5.41, 5.74) is 7.73. The first-order chi connectivity index (χ1) is 36.7. The van der Waals surface area contributed by atoms with Crippen molar-refractivity contribution in [1.82, 2.24) is 19.8 Å². The Morgan fingerprint density at radius 1 is 0.543 bits per heavy atom. The predicted octanol–water partition coefficient (Wildman–Crippen LogP) is 24.2. The predicted molar refractivity (Wildman–Crippen MR) is 371 cm³/mol. The van der Waals surface area contributed by atoms with Crippen LogP contribution in [0.3, 0.4) is 0 Å². The Morgan fingerprint density at radius 3 is 1.30 bits per heavy atom. The second-order valence-electron chi connectivity index (χ2n) is 30.2. The largest absolute Gasteiger partial charge is 0.488 e. The maximum absolute atomic E-state index is 11.2. The van der Waals surface area contributed by atoms with Gasteiger partial charge in [-0.15, -0.1) is 0 Å². The Labute approximate surface area is 508 Å². The molecule has 2 aromatic carbocycles. The molecule has 6 heteroatoms. The first kappa shape index (κ1) is 85.9. The molecule has 0 aliphatic carbocycles. The van der Waals surface area contributed by atoms with Crippen molar-refractivity contribution in [3.8, 4) is 5.75 Å². The molecular weight excluding hydrogens is 989 g/mol. The van der Waals surface area contributed by atoms with E-state index in [-0.39, 0.29) is 28.2 Å². The molecule has 81 heavy (non-hydrogen) atoms. The van der Waals surface area contributed by atoms with Gasteiger partial charge in [-0.1, -0.05) is 233 Å². The average Bonchev–Trinajstić information content (AvgIpc) is 3.97. The summed E-state index contributed by atoms with van der Waals surface area (Å²) in [6.45, 7) is 74.7. The van der Waals surface area contributed by atoms with E-state index in [0.717, 1.165) is 38.0 Å². The van der Waals surface area contributed by atoms with Crippen LogP contribution in [0.2, 0.25) is 0 Å². The molecule has 0 aliphatic heterocycles. The van der Waals surface area contributed by atoms with Crippen molar-refractivity contribution in [2.75, 3.05) is 6.54 Å². The van der Waals surface area contributed by atoms with Crippen molar-refractivity contribution < 1.29 is 9.53 Å². The molecule has 2 amide bonds. The van der Waals surface area contributed by atoms with Crippen LogP contribution >= 0.6 is 0 Å². The molecule has 0 unspecified atom stereocenters. The highest BCUT2D eigenvalue weighted by Gasteiger charge is 2.18. The SMILES string of the molecule is CC=CC(C)(C)C.CCC.CCC(C)(C)C.CCC(C)(C)C.CCC(C)(C)C.CCCCCNC(=O)NC(C)(C)C.CCCc1ccc(OC(C)(C)C)cc1.CCc1cccn1C(C)(C)C.CCc1cn(C(C)(C)C)c2ccccc12. The van der Waals surface area contributed by atoms with Gasteiger partial charge < -0.3 is 24.5 Å². The van der Waals surface area contributed by atoms with Crippen molar-refractivity contribution in [3.05, 3.63) is 102 Å². The molecule has 4 rings (SSSR count). The lowest BCUT2D eigenvalue weighted by molar-refractivity contribution is 0.131. The Morgan fingerprint density at radius 2 is 0.988 bits per heavy atom. The number of nitrogens with zero attached hydrogens (tertiary/aromatic N) is 2. The molecule has 6 nitrogen and oxygen atoms in total. The minimum absolute atomic E-state index is 0.0661. The summed E-state index contributed by atoms with van der Waals surface area (Å²) in [5.74, 6) is 0.956. The van der Waals surface area contributed by atoms with Gasteiger partial charge >= 0.3 is 6.03 Å². The molecule has 0 atom stereocenters. The summed E-state index contributed by atoms with van der Waals surface area (Å²) in [5, 5.41) is 7.07. The summed E-state index contributed by atoms with van der Waals surface area (Å²) in [6.07, 6.45) is 21.8. The van der Waals surface area contributed by atoms with E-state index in [1.54, 1.807) is 0 Å². The van der Waals surface area contributed by atoms with Gasteiger partial charge in [0.2, 0.25) is 0 Å². The second kappa shape index (κ2) is 42.8. The van der Waals surface area contributed by atoms with Crippen LogP contribution < -0.4 is 15.4 Å². The summed E-state index contributed by atoms with van der Waals surface area (Å²) >= 11 is 0. The van der Waals surface area contributed by atoms with Crippen LogP contribution in [-0.2, 0) is 30.3 Å². The third-order valence-electron chi connectivity index (χ3n) is 12.1. The van der Waals surface area contributed by atoms with Crippen LogP contribution in [-0.4, -0.2) is 32.9 Å². The molecule has 0 saturated heterocycles. The fourth-order valence-corrected chi connectivity index (χ4v) is 6.27. The van der Waals surface area contributed by atoms with Gasteiger partial charge in [-0.05, 0) is 179 Å². The van der Waals surface area contributed by atoms with Crippen molar-refractivity contribution in [2.24, 2.45) is 21.7 Å². The number of carbonyl (C=O) groups is 1. The number of nitrogens with one attached hydrogen (secondary N) is 2. The van der Waals surface area contributed by atoms with E-state index >= 15 is 0 Å². The van der Waals surface area contributed by atoms with Gasteiger partial charge in [-0.2, -0.15) is 0 Å². The number of fused-ring (bicyclic) bond motifs is 1. The molecule has 0 aliphatic rings. The van der Waals surface area contributed by atoms with Crippen molar-refractivity contribution >= 4 is 16.9 Å². The molecular formula is C75H142N4O2. The number of ether oxygens (including phenoxy) is 1. The molecule has 0 spiro atoms. The van der Waals surface area contributed by atoms with E-state index in [2.05, 4.69) is 313 Å². The lowest BCUT2D eigenvalue weighted by atomic mass is 9.94. The average molecular weight is 1130 g/mol. The highest BCUT2D eigenvalue weighted by atomic mass is 16.5. The number of urea groups is 1. The molecule has 2 N–H and O–H groups in total. The smallest absolute Gasteiger partial charge is 0.315 e.